The maximum Gasteiger partial charge on any atom is 0.232 e. The number of aliphatic hydroxyl groups is 1. The van der Waals surface area contributed by atoms with Gasteiger partial charge in [0, 0.05) is 5.56 Å². The topological polar surface area (TPSA) is 68.4 Å². The molecule has 0 aliphatic carbocycles. The fourth-order valence-electron chi connectivity index (χ4n) is 1.80. The molecular weight excluding hydrogens is 244 g/mol. The van der Waals surface area contributed by atoms with Crippen LogP contribution in [0.2, 0.25) is 0 Å². The monoisotopic (exact) mass is 262 g/mol. The van der Waals surface area contributed by atoms with E-state index in [1.165, 1.54) is 0 Å². The number of rotatable bonds is 5. The lowest BCUT2D eigenvalue weighted by Crippen LogP contribution is -2.14. The van der Waals surface area contributed by atoms with E-state index in [9.17, 15) is 5.11 Å². The molecular formula is C14H18N2O3. The third kappa shape index (κ3) is 2.93. The Bertz CT molecular complexity index is 522. The highest BCUT2D eigenvalue weighted by Crippen LogP contribution is 2.24. The Kier molecular flexibility index (Phi) is 4.16. The molecule has 1 aromatic heterocycles. The third-order valence-corrected chi connectivity index (χ3v) is 3.17. The Hall–Kier alpha value is -1.88. The van der Waals surface area contributed by atoms with Gasteiger partial charge in [-0.3, -0.25) is 0 Å². The predicted molar refractivity (Wildman–Crippen MR) is 71.0 cm³/mol. The van der Waals surface area contributed by atoms with Gasteiger partial charge in [0.15, 0.2) is 0 Å². The van der Waals surface area contributed by atoms with Crippen LogP contribution in [0, 0.1) is 0 Å². The largest absolute Gasteiger partial charge is 0.497 e. The van der Waals surface area contributed by atoms with Crippen LogP contribution in [-0.2, 0) is 0 Å². The fraction of sp³-hybridized carbons (Fsp3) is 0.429. The highest BCUT2D eigenvalue weighted by Gasteiger charge is 2.21. The molecule has 2 aromatic rings. The van der Waals surface area contributed by atoms with Gasteiger partial charge in [0.25, 0.3) is 0 Å². The van der Waals surface area contributed by atoms with Gasteiger partial charge in [0.05, 0.1) is 19.1 Å². The summed E-state index contributed by atoms with van der Waals surface area (Å²) in [4.78, 5) is 4.33. The number of aromatic nitrogens is 2. The molecule has 1 aromatic carbocycles. The zero-order valence-electron chi connectivity index (χ0n) is 11.3. The summed E-state index contributed by atoms with van der Waals surface area (Å²) in [5, 5.41) is 13.7. The van der Waals surface area contributed by atoms with Crippen molar-refractivity contribution in [3.8, 4) is 17.1 Å². The Morgan fingerprint density at radius 1 is 1.32 bits per heavy atom. The zero-order chi connectivity index (χ0) is 13.8. The smallest absolute Gasteiger partial charge is 0.232 e. The van der Waals surface area contributed by atoms with E-state index in [0.29, 0.717) is 18.1 Å². The molecule has 19 heavy (non-hydrogen) atoms. The van der Waals surface area contributed by atoms with Crippen molar-refractivity contribution in [3.05, 3.63) is 30.2 Å². The summed E-state index contributed by atoms with van der Waals surface area (Å²) in [6.45, 7) is 3.79. The third-order valence-electron chi connectivity index (χ3n) is 3.17. The van der Waals surface area contributed by atoms with E-state index in [2.05, 4.69) is 10.1 Å². The van der Waals surface area contributed by atoms with Crippen molar-refractivity contribution in [3.63, 3.8) is 0 Å². The van der Waals surface area contributed by atoms with Gasteiger partial charge in [-0.15, -0.1) is 0 Å². The Labute approximate surface area is 112 Å². The highest BCUT2D eigenvalue weighted by atomic mass is 16.5. The number of aliphatic hydroxyl groups excluding tert-OH is 1. The molecule has 0 amide bonds. The van der Waals surface area contributed by atoms with Crippen molar-refractivity contribution in [2.45, 2.75) is 32.3 Å². The van der Waals surface area contributed by atoms with E-state index in [0.717, 1.165) is 11.3 Å². The Morgan fingerprint density at radius 2 is 2.00 bits per heavy atom. The van der Waals surface area contributed by atoms with Crippen LogP contribution < -0.4 is 4.74 Å². The SMILES string of the molecule is CCC(O)C(C)c1nc(-c2ccc(OC)cc2)no1. The number of hydrogen-bond donors (Lipinski definition) is 1. The summed E-state index contributed by atoms with van der Waals surface area (Å²) in [6.07, 6.45) is 0.186. The van der Waals surface area contributed by atoms with Crippen LogP contribution in [0.3, 0.4) is 0 Å². The second-order valence-electron chi connectivity index (χ2n) is 4.45. The van der Waals surface area contributed by atoms with Crippen LogP contribution in [0.15, 0.2) is 28.8 Å². The van der Waals surface area contributed by atoms with E-state index < -0.39 is 6.10 Å². The van der Waals surface area contributed by atoms with Gasteiger partial charge in [0.2, 0.25) is 11.7 Å². The van der Waals surface area contributed by atoms with Crippen LogP contribution >= 0.6 is 0 Å². The Morgan fingerprint density at radius 3 is 2.58 bits per heavy atom. The van der Waals surface area contributed by atoms with E-state index in [1.54, 1.807) is 7.11 Å². The number of benzene rings is 1. The number of ether oxygens (including phenoxy) is 1. The average molecular weight is 262 g/mol. The first-order chi connectivity index (χ1) is 9.15. The molecule has 0 saturated heterocycles. The van der Waals surface area contributed by atoms with Gasteiger partial charge in [-0.25, -0.2) is 0 Å². The molecule has 0 aliphatic heterocycles. The van der Waals surface area contributed by atoms with E-state index in [1.807, 2.05) is 38.1 Å². The zero-order valence-corrected chi connectivity index (χ0v) is 11.3. The first kappa shape index (κ1) is 13.5. The van der Waals surface area contributed by atoms with Crippen LogP contribution in [0.1, 0.15) is 32.1 Å². The summed E-state index contributed by atoms with van der Waals surface area (Å²) in [5.41, 5.74) is 0.856. The normalized spacial score (nSPS) is 14.1. The molecule has 1 heterocycles. The standard InChI is InChI=1S/C14H18N2O3/c1-4-12(17)9(2)14-15-13(16-19-14)10-5-7-11(18-3)8-6-10/h5-9,12,17H,4H2,1-3H3. The first-order valence-corrected chi connectivity index (χ1v) is 6.31. The molecule has 0 bridgehead atoms. The average Bonchev–Trinajstić information content (AvgIpc) is 2.95. The first-order valence-electron chi connectivity index (χ1n) is 6.31. The fourth-order valence-corrected chi connectivity index (χ4v) is 1.80. The lowest BCUT2D eigenvalue weighted by Gasteiger charge is -2.11. The molecule has 2 unspecified atom stereocenters. The second kappa shape index (κ2) is 5.84. The molecule has 102 valence electrons. The van der Waals surface area contributed by atoms with Crippen molar-refractivity contribution in [1.82, 2.24) is 10.1 Å². The quantitative estimate of drug-likeness (QED) is 0.897. The summed E-state index contributed by atoms with van der Waals surface area (Å²) in [7, 11) is 1.62. The Balaban J connectivity index is 2.20. The summed E-state index contributed by atoms with van der Waals surface area (Å²) in [6, 6.07) is 7.42. The van der Waals surface area contributed by atoms with Crippen molar-refractivity contribution in [2.75, 3.05) is 7.11 Å². The van der Waals surface area contributed by atoms with Gasteiger partial charge in [-0.1, -0.05) is 19.0 Å². The minimum atomic E-state index is -0.468. The minimum Gasteiger partial charge on any atom is -0.497 e. The summed E-state index contributed by atoms with van der Waals surface area (Å²) in [5.74, 6) is 1.60. The van der Waals surface area contributed by atoms with Crippen LogP contribution in [0.4, 0.5) is 0 Å². The van der Waals surface area contributed by atoms with Gasteiger partial charge in [-0.2, -0.15) is 4.98 Å². The van der Waals surface area contributed by atoms with Crippen molar-refractivity contribution < 1.29 is 14.4 Å². The molecule has 2 atom stereocenters. The van der Waals surface area contributed by atoms with Crippen LogP contribution in [-0.4, -0.2) is 28.5 Å². The van der Waals surface area contributed by atoms with Crippen LogP contribution in [0.5, 0.6) is 5.75 Å². The molecule has 1 N–H and O–H groups in total. The van der Waals surface area contributed by atoms with Crippen LogP contribution in [0.25, 0.3) is 11.4 Å². The number of methoxy groups -OCH3 is 1. The van der Waals surface area contributed by atoms with Gasteiger partial charge >= 0.3 is 0 Å². The van der Waals surface area contributed by atoms with E-state index >= 15 is 0 Å². The predicted octanol–water partition coefficient (Wildman–Crippen LogP) is 2.62. The molecule has 0 spiro atoms. The molecule has 5 nitrogen and oxygen atoms in total. The molecule has 0 radical (unpaired) electrons. The van der Waals surface area contributed by atoms with Gasteiger partial charge in [0.1, 0.15) is 5.75 Å². The van der Waals surface area contributed by atoms with Gasteiger partial charge < -0.3 is 14.4 Å². The van der Waals surface area contributed by atoms with E-state index in [-0.39, 0.29) is 5.92 Å². The molecule has 2 rings (SSSR count). The lowest BCUT2D eigenvalue weighted by atomic mass is 10.0. The molecule has 5 heteroatoms. The second-order valence-corrected chi connectivity index (χ2v) is 4.45. The maximum atomic E-state index is 9.78. The lowest BCUT2D eigenvalue weighted by molar-refractivity contribution is 0.129. The summed E-state index contributed by atoms with van der Waals surface area (Å²) < 4.78 is 10.3. The molecule has 0 fully saturated rings. The van der Waals surface area contributed by atoms with Crippen molar-refractivity contribution in [1.29, 1.82) is 0 Å². The highest BCUT2D eigenvalue weighted by molar-refractivity contribution is 5.55. The maximum absolute atomic E-state index is 9.78. The van der Waals surface area contributed by atoms with Crippen molar-refractivity contribution in [2.24, 2.45) is 0 Å². The number of nitrogens with zero attached hydrogens (tertiary/aromatic N) is 2. The number of hydrogen-bond acceptors (Lipinski definition) is 5. The minimum absolute atomic E-state index is 0.163. The van der Waals surface area contributed by atoms with Gasteiger partial charge in [-0.05, 0) is 30.7 Å². The van der Waals surface area contributed by atoms with Crippen molar-refractivity contribution >= 4 is 0 Å². The molecule has 0 aliphatic rings. The van der Waals surface area contributed by atoms with E-state index in [4.69, 9.17) is 9.26 Å². The molecule has 0 saturated carbocycles. The summed E-state index contributed by atoms with van der Waals surface area (Å²) >= 11 is 0.